The minimum atomic E-state index is -0.527. The van der Waals surface area contributed by atoms with Gasteiger partial charge in [0.25, 0.3) is 5.56 Å². The van der Waals surface area contributed by atoms with Crippen LogP contribution >= 0.6 is 11.8 Å². The predicted molar refractivity (Wildman–Crippen MR) is 122 cm³/mol. The van der Waals surface area contributed by atoms with Crippen molar-refractivity contribution in [3.8, 4) is 0 Å². The second kappa shape index (κ2) is 8.36. The number of para-hydroxylation sites is 1. The average Bonchev–Trinajstić information content (AvgIpc) is 3.11. The van der Waals surface area contributed by atoms with Gasteiger partial charge < -0.3 is 9.88 Å². The number of benzene rings is 2. The van der Waals surface area contributed by atoms with E-state index in [4.69, 9.17) is 0 Å². The summed E-state index contributed by atoms with van der Waals surface area (Å²) in [4.78, 5) is 27.0. The number of hydrogen-bond donors (Lipinski definition) is 1. The third-order valence-corrected chi connectivity index (χ3v) is 6.19. The van der Waals surface area contributed by atoms with E-state index in [0.29, 0.717) is 12.1 Å². The fourth-order valence-electron chi connectivity index (χ4n) is 3.78. The van der Waals surface area contributed by atoms with E-state index in [2.05, 4.69) is 40.9 Å². The number of nitrogens with one attached hydrogen (secondary N) is 1. The van der Waals surface area contributed by atoms with Crippen molar-refractivity contribution in [1.29, 1.82) is 0 Å². The molecule has 30 heavy (non-hydrogen) atoms. The maximum atomic E-state index is 13.0. The fourth-order valence-corrected chi connectivity index (χ4v) is 4.19. The molecule has 1 N–H and O–H groups in total. The molecule has 7 heteroatoms. The Balaban J connectivity index is 1.60. The van der Waals surface area contributed by atoms with Gasteiger partial charge in [-0.2, -0.15) is 5.10 Å². The highest BCUT2D eigenvalue weighted by Crippen LogP contribution is 2.29. The molecule has 0 unspecified atom stereocenters. The van der Waals surface area contributed by atoms with Gasteiger partial charge in [-0.25, -0.2) is 4.68 Å². The first kappa shape index (κ1) is 20.2. The largest absolute Gasteiger partial charge is 0.354 e. The molecule has 0 fully saturated rings. The monoisotopic (exact) mass is 420 g/mol. The van der Waals surface area contributed by atoms with Crippen molar-refractivity contribution >= 4 is 39.5 Å². The summed E-state index contributed by atoms with van der Waals surface area (Å²) >= 11 is 1.71. The summed E-state index contributed by atoms with van der Waals surface area (Å²) in [5, 5.41) is 8.87. The summed E-state index contributed by atoms with van der Waals surface area (Å²) in [5.41, 5.74) is 2.33. The second-order valence-corrected chi connectivity index (χ2v) is 8.17. The van der Waals surface area contributed by atoms with E-state index in [-0.39, 0.29) is 11.5 Å². The topological polar surface area (TPSA) is 68.9 Å². The van der Waals surface area contributed by atoms with Crippen LogP contribution in [0.25, 0.3) is 21.8 Å². The number of amides is 1. The molecule has 0 aliphatic rings. The molecule has 4 rings (SSSR count). The molecule has 0 aliphatic heterocycles. The zero-order chi connectivity index (χ0) is 21.3. The number of thioether (sulfide) groups is 1. The highest BCUT2D eigenvalue weighted by atomic mass is 32.2. The molecule has 0 saturated heterocycles. The van der Waals surface area contributed by atoms with Crippen molar-refractivity contribution in [2.45, 2.75) is 24.3 Å². The van der Waals surface area contributed by atoms with Crippen LogP contribution in [0.3, 0.4) is 0 Å². The van der Waals surface area contributed by atoms with Crippen LogP contribution in [0.15, 0.2) is 64.4 Å². The number of rotatable bonds is 6. The Morgan fingerprint density at radius 2 is 1.87 bits per heavy atom. The van der Waals surface area contributed by atoms with Gasteiger partial charge in [0.05, 0.1) is 11.7 Å². The summed E-state index contributed by atoms with van der Waals surface area (Å²) in [7, 11) is 1.62. The number of aromatic nitrogens is 3. The second-order valence-electron chi connectivity index (χ2n) is 7.29. The van der Waals surface area contributed by atoms with Crippen LogP contribution < -0.4 is 10.9 Å². The van der Waals surface area contributed by atoms with Gasteiger partial charge in [0.2, 0.25) is 5.91 Å². The maximum absolute atomic E-state index is 13.0. The molecule has 0 saturated carbocycles. The van der Waals surface area contributed by atoms with Crippen LogP contribution in [0.5, 0.6) is 0 Å². The van der Waals surface area contributed by atoms with Crippen LogP contribution in [-0.4, -0.2) is 33.1 Å². The SMILES string of the molecule is CSc1ccc(CCNC(=O)[C@@H](C)n2c3ccccc3c3cnn(C)c(=O)c32)cc1. The Labute approximate surface area is 178 Å². The molecular formula is C23H24N4O2S. The van der Waals surface area contributed by atoms with Crippen molar-refractivity contribution in [3.05, 3.63) is 70.6 Å². The number of aryl methyl sites for hydroxylation is 1. The van der Waals surface area contributed by atoms with E-state index in [9.17, 15) is 9.59 Å². The summed E-state index contributed by atoms with van der Waals surface area (Å²) in [6.07, 6.45) is 4.50. The molecule has 2 aromatic heterocycles. The molecular weight excluding hydrogens is 396 g/mol. The highest BCUT2D eigenvalue weighted by molar-refractivity contribution is 7.98. The minimum absolute atomic E-state index is 0.114. The van der Waals surface area contributed by atoms with Crippen LogP contribution in [0, 0.1) is 0 Å². The molecule has 2 aromatic carbocycles. The molecule has 0 bridgehead atoms. The molecule has 6 nitrogen and oxygen atoms in total. The lowest BCUT2D eigenvalue weighted by molar-refractivity contribution is -0.123. The Kier molecular flexibility index (Phi) is 5.63. The lowest BCUT2D eigenvalue weighted by Gasteiger charge is -2.16. The zero-order valence-electron chi connectivity index (χ0n) is 17.3. The molecule has 154 valence electrons. The van der Waals surface area contributed by atoms with Gasteiger partial charge in [-0.1, -0.05) is 30.3 Å². The van der Waals surface area contributed by atoms with E-state index in [1.807, 2.05) is 35.8 Å². The third kappa shape index (κ3) is 3.61. The van der Waals surface area contributed by atoms with E-state index in [1.165, 1.54) is 15.1 Å². The first-order chi connectivity index (χ1) is 14.5. The zero-order valence-corrected chi connectivity index (χ0v) is 18.1. The minimum Gasteiger partial charge on any atom is -0.354 e. The van der Waals surface area contributed by atoms with Crippen molar-refractivity contribution in [1.82, 2.24) is 19.7 Å². The van der Waals surface area contributed by atoms with Gasteiger partial charge in [0.15, 0.2) is 0 Å². The highest BCUT2D eigenvalue weighted by Gasteiger charge is 2.22. The molecule has 1 atom stereocenters. The summed E-state index contributed by atoms with van der Waals surface area (Å²) in [6, 6.07) is 15.6. The number of nitrogens with zero attached hydrogens (tertiary/aromatic N) is 3. The van der Waals surface area contributed by atoms with E-state index in [1.54, 1.807) is 25.0 Å². The molecule has 4 aromatic rings. The average molecular weight is 421 g/mol. The van der Waals surface area contributed by atoms with Crippen molar-refractivity contribution in [2.24, 2.45) is 7.05 Å². The smallest absolute Gasteiger partial charge is 0.291 e. The maximum Gasteiger partial charge on any atom is 0.291 e. The fraction of sp³-hybridized carbons (Fsp3) is 0.261. The first-order valence-corrected chi connectivity index (χ1v) is 11.1. The van der Waals surface area contributed by atoms with E-state index >= 15 is 0 Å². The number of hydrogen-bond acceptors (Lipinski definition) is 4. The summed E-state index contributed by atoms with van der Waals surface area (Å²) in [5.74, 6) is -0.114. The lowest BCUT2D eigenvalue weighted by Crippen LogP contribution is -2.33. The Hall–Kier alpha value is -3.06. The van der Waals surface area contributed by atoms with Gasteiger partial charge in [0.1, 0.15) is 11.6 Å². The van der Waals surface area contributed by atoms with Crippen molar-refractivity contribution < 1.29 is 4.79 Å². The molecule has 0 aliphatic carbocycles. The van der Waals surface area contributed by atoms with E-state index < -0.39 is 6.04 Å². The summed E-state index contributed by atoms with van der Waals surface area (Å²) < 4.78 is 3.14. The molecule has 2 heterocycles. The van der Waals surface area contributed by atoms with Crippen molar-refractivity contribution in [3.63, 3.8) is 0 Å². The standard InChI is InChI=1S/C23H24N4O2S/c1-15(22(28)24-13-12-16-8-10-17(30-3)11-9-16)27-20-7-5-4-6-18(20)19-14-25-26(2)23(29)21(19)27/h4-11,14-15H,12-13H2,1-3H3,(H,24,28)/t15-/m1/s1. The van der Waals surface area contributed by atoms with Gasteiger partial charge in [0, 0.05) is 29.3 Å². The molecule has 0 radical (unpaired) electrons. The van der Waals surface area contributed by atoms with Gasteiger partial charge in [-0.3, -0.25) is 9.59 Å². The van der Waals surface area contributed by atoms with Gasteiger partial charge in [-0.15, -0.1) is 11.8 Å². The quantitative estimate of drug-likeness (QED) is 0.485. The number of carbonyl (C=O) groups is 1. The van der Waals surface area contributed by atoms with E-state index in [0.717, 1.165) is 22.7 Å². The molecule has 0 spiro atoms. The Bertz CT molecular complexity index is 1270. The lowest BCUT2D eigenvalue weighted by atomic mass is 10.1. The third-order valence-electron chi connectivity index (χ3n) is 5.45. The normalized spacial score (nSPS) is 12.4. The summed E-state index contributed by atoms with van der Waals surface area (Å²) in [6.45, 7) is 2.37. The first-order valence-electron chi connectivity index (χ1n) is 9.87. The number of carbonyl (C=O) groups excluding carboxylic acids is 1. The molecule has 1 amide bonds. The predicted octanol–water partition coefficient (Wildman–Crippen LogP) is 3.53. The van der Waals surface area contributed by atoms with Crippen LogP contribution in [0.4, 0.5) is 0 Å². The van der Waals surface area contributed by atoms with Crippen LogP contribution in [0.2, 0.25) is 0 Å². The van der Waals surface area contributed by atoms with Gasteiger partial charge >= 0.3 is 0 Å². The Morgan fingerprint density at radius 3 is 2.60 bits per heavy atom. The van der Waals surface area contributed by atoms with Crippen molar-refractivity contribution in [2.75, 3.05) is 12.8 Å². The van der Waals surface area contributed by atoms with Crippen LogP contribution in [-0.2, 0) is 18.3 Å². The van der Waals surface area contributed by atoms with Gasteiger partial charge in [-0.05, 0) is 43.4 Å². The van der Waals surface area contributed by atoms with Crippen LogP contribution in [0.1, 0.15) is 18.5 Å². The number of fused-ring (bicyclic) bond motifs is 3. The Morgan fingerprint density at radius 1 is 1.13 bits per heavy atom.